The van der Waals surface area contributed by atoms with Crippen molar-refractivity contribution in [3.05, 3.63) is 23.4 Å². The molecule has 2 nitrogen and oxygen atoms in total. The molecule has 80 valence electrons. The Balaban J connectivity index is 2.54. The Kier molecular flexibility index (Phi) is 5.20. The first-order chi connectivity index (χ1) is 7.26. The SMILES string of the molecule is CCCCCSc1cc(C#N)cc(C)n1. The van der Waals surface area contributed by atoms with Crippen LogP contribution in [0, 0.1) is 18.3 Å². The molecule has 0 fully saturated rings. The van der Waals surface area contributed by atoms with E-state index in [0.717, 1.165) is 16.5 Å². The lowest BCUT2D eigenvalue weighted by Gasteiger charge is -2.02. The molecule has 15 heavy (non-hydrogen) atoms. The van der Waals surface area contributed by atoms with Crippen molar-refractivity contribution in [1.82, 2.24) is 4.98 Å². The number of hydrogen-bond acceptors (Lipinski definition) is 3. The van der Waals surface area contributed by atoms with Crippen LogP contribution < -0.4 is 0 Å². The van der Waals surface area contributed by atoms with Gasteiger partial charge in [0.15, 0.2) is 0 Å². The van der Waals surface area contributed by atoms with Crippen LogP contribution in [0.25, 0.3) is 0 Å². The number of pyridine rings is 1. The zero-order chi connectivity index (χ0) is 11.1. The van der Waals surface area contributed by atoms with Gasteiger partial charge in [-0.15, -0.1) is 11.8 Å². The summed E-state index contributed by atoms with van der Waals surface area (Å²) in [6, 6.07) is 5.84. The van der Waals surface area contributed by atoms with Crippen LogP contribution in [0.4, 0.5) is 0 Å². The van der Waals surface area contributed by atoms with Crippen molar-refractivity contribution in [2.45, 2.75) is 38.1 Å². The second-order valence-corrected chi connectivity index (χ2v) is 4.62. The fourth-order valence-electron chi connectivity index (χ4n) is 1.31. The molecular weight excluding hydrogens is 204 g/mol. The van der Waals surface area contributed by atoms with Gasteiger partial charge in [-0.3, -0.25) is 0 Å². The standard InChI is InChI=1S/C12H16N2S/c1-3-4-5-6-15-12-8-11(9-13)7-10(2)14-12/h7-8H,3-6H2,1-2H3. The topological polar surface area (TPSA) is 36.7 Å². The normalized spacial score (nSPS) is 9.93. The lowest BCUT2D eigenvalue weighted by atomic mass is 10.2. The molecule has 0 atom stereocenters. The van der Waals surface area contributed by atoms with E-state index in [0.29, 0.717) is 5.56 Å². The number of nitrogens with zero attached hydrogens (tertiary/aromatic N) is 2. The second-order valence-electron chi connectivity index (χ2n) is 3.50. The number of aryl methyl sites for hydroxylation is 1. The fourth-order valence-corrected chi connectivity index (χ4v) is 2.28. The summed E-state index contributed by atoms with van der Waals surface area (Å²) in [5.74, 6) is 1.09. The average Bonchev–Trinajstić information content (AvgIpc) is 2.23. The van der Waals surface area contributed by atoms with Crippen molar-refractivity contribution in [1.29, 1.82) is 5.26 Å². The zero-order valence-electron chi connectivity index (χ0n) is 9.29. The van der Waals surface area contributed by atoms with Crippen LogP contribution in [0.1, 0.15) is 37.4 Å². The summed E-state index contributed by atoms with van der Waals surface area (Å²) in [5.41, 5.74) is 1.63. The van der Waals surface area contributed by atoms with E-state index in [1.54, 1.807) is 11.8 Å². The first-order valence-corrected chi connectivity index (χ1v) is 6.26. The van der Waals surface area contributed by atoms with Crippen molar-refractivity contribution in [2.24, 2.45) is 0 Å². The van der Waals surface area contributed by atoms with Gasteiger partial charge in [-0.25, -0.2) is 4.98 Å². The zero-order valence-corrected chi connectivity index (χ0v) is 10.1. The van der Waals surface area contributed by atoms with Crippen LogP contribution in [0.5, 0.6) is 0 Å². The summed E-state index contributed by atoms with van der Waals surface area (Å²) in [5, 5.41) is 9.78. The number of rotatable bonds is 5. The number of unbranched alkanes of at least 4 members (excludes halogenated alkanes) is 2. The fraction of sp³-hybridized carbons (Fsp3) is 0.500. The van der Waals surface area contributed by atoms with Crippen molar-refractivity contribution < 1.29 is 0 Å². The summed E-state index contributed by atoms with van der Waals surface area (Å²) in [4.78, 5) is 4.39. The first-order valence-electron chi connectivity index (χ1n) is 5.28. The Morgan fingerprint density at radius 3 is 2.87 bits per heavy atom. The number of nitriles is 1. The van der Waals surface area contributed by atoms with Gasteiger partial charge in [0, 0.05) is 5.69 Å². The minimum atomic E-state index is 0.709. The van der Waals surface area contributed by atoms with Crippen molar-refractivity contribution in [2.75, 3.05) is 5.75 Å². The van der Waals surface area contributed by atoms with Gasteiger partial charge >= 0.3 is 0 Å². The quantitative estimate of drug-likeness (QED) is 0.562. The van der Waals surface area contributed by atoms with Gasteiger partial charge in [0.25, 0.3) is 0 Å². The van der Waals surface area contributed by atoms with Gasteiger partial charge in [-0.2, -0.15) is 5.26 Å². The van der Waals surface area contributed by atoms with E-state index < -0.39 is 0 Å². The molecule has 0 aromatic carbocycles. The highest BCUT2D eigenvalue weighted by Crippen LogP contribution is 2.19. The monoisotopic (exact) mass is 220 g/mol. The molecule has 3 heteroatoms. The minimum Gasteiger partial charge on any atom is -0.247 e. The second kappa shape index (κ2) is 6.47. The van der Waals surface area contributed by atoms with E-state index in [1.807, 2.05) is 19.1 Å². The number of aromatic nitrogens is 1. The van der Waals surface area contributed by atoms with Crippen molar-refractivity contribution in [3.63, 3.8) is 0 Å². The lowest BCUT2D eigenvalue weighted by Crippen LogP contribution is -1.89. The molecule has 1 rings (SSSR count). The summed E-state index contributed by atoms with van der Waals surface area (Å²) >= 11 is 1.74. The molecule has 0 aliphatic rings. The minimum absolute atomic E-state index is 0.709. The predicted molar refractivity (Wildman–Crippen MR) is 63.9 cm³/mol. The highest BCUT2D eigenvalue weighted by Gasteiger charge is 2.00. The maximum atomic E-state index is 8.81. The van der Waals surface area contributed by atoms with E-state index in [-0.39, 0.29) is 0 Å². The van der Waals surface area contributed by atoms with Crippen molar-refractivity contribution >= 4 is 11.8 Å². The Hall–Kier alpha value is -1.01. The molecule has 1 aromatic rings. The molecule has 0 radical (unpaired) electrons. The third-order valence-corrected chi connectivity index (χ3v) is 3.05. The highest BCUT2D eigenvalue weighted by molar-refractivity contribution is 7.99. The van der Waals surface area contributed by atoms with E-state index >= 15 is 0 Å². The van der Waals surface area contributed by atoms with Gasteiger partial charge < -0.3 is 0 Å². The molecule has 0 saturated carbocycles. The Morgan fingerprint density at radius 2 is 2.20 bits per heavy atom. The maximum absolute atomic E-state index is 8.81. The average molecular weight is 220 g/mol. The molecule has 0 aliphatic heterocycles. The van der Waals surface area contributed by atoms with Gasteiger partial charge in [0.2, 0.25) is 0 Å². The van der Waals surface area contributed by atoms with Crippen LogP contribution in [0.3, 0.4) is 0 Å². The van der Waals surface area contributed by atoms with Crippen molar-refractivity contribution in [3.8, 4) is 6.07 Å². The molecule has 0 bridgehead atoms. The van der Waals surface area contributed by atoms with Gasteiger partial charge in [0.05, 0.1) is 16.7 Å². The highest BCUT2D eigenvalue weighted by atomic mass is 32.2. The Labute approximate surface area is 95.7 Å². The number of hydrogen-bond donors (Lipinski definition) is 0. The first kappa shape index (κ1) is 12.1. The Morgan fingerprint density at radius 1 is 1.40 bits per heavy atom. The molecule has 0 N–H and O–H groups in total. The molecule has 1 heterocycles. The van der Waals surface area contributed by atoms with Crippen LogP contribution in [0.2, 0.25) is 0 Å². The van der Waals surface area contributed by atoms with Crippen LogP contribution >= 0.6 is 11.8 Å². The molecule has 1 aromatic heterocycles. The molecule has 0 amide bonds. The van der Waals surface area contributed by atoms with E-state index in [1.165, 1.54) is 19.3 Å². The summed E-state index contributed by atoms with van der Waals surface area (Å²) in [7, 11) is 0. The maximum Gasteiger partial charge on any atom is 0.0993 e. The number of thioether (sulfide) groups is 1. The molecule has 0 saturated heterocycles. The van der Waals surface area contributed by atoms with Gasteiger partial charge in [-0.1, -0.05) is 19.8 Å². The summed E-state index contributed by atoms with van der Waals surface area (Å²) in [6.07, 6.45) is 3.73. The molecule has 0 aliphatic carbocycles. The van der Waals surface area contributed by atoms with Crippen LogP contribution in [-0.4, -0.2) is 10.7 Å². The summed E-state index contributed by atoms with van der Waals surface area (Å²) in [6.45, 7) is 4.13. The van der Waals surface area contributed by atoms with E-state index in [9.17, 15) is 0 Å². The smallest absolute Gasteiger partial charge is 0.0993 e. The third-order valence-electron chi connectivity index (χ3n) is 2.06. The Bertz CT molecular complexity index is 355. The van der Waals surface area contributed by atoms with E-state index in [4.69, 9.17) is 5.26 Å². The third kappa shape index (κ3) is 4.35. The summed E-state index contributed by atoms with van der Waals surface area (Å²) < 4.78 is 0. The predicted octanol–water partition coefficient (Wildman–Crippen LogP) is 3.54. The van der Waals surface area contributed by atoms with Crippen LogP contribution in [-0.2, 0) is 0 Å². The van der Waals surface area contributed by atoms with Gasteiger partial charge in [0.1, 0.15) is 0 Å². The van der Waals surface area contributed by atoms with Crippen LogP contribution in [0.15, 0.2) is 17.2 Å². The molecule has 0 spiro atoms. The molecular formula is C12H16N2S. The van der Waals surface area contributed by atoms with Gasteiger partial charge in [-0.05, 0) is 31.2 Å². The lowest BCUT2D eigenvalue weighted by molar-refractivity contribution is 0.778. The largest absolute Gasteiger partial charge is 0.247 e. The molecule has 0 unspecified atom stereocenters. The van der Waals surface area contributed by atoms with E-state index in [2.05, 4.69) is 18.0 Å².